The molecule has 0 saturated carbocycles. The summed E-state index contributed by atoms with van der Waals surface area (Å²) >= 11 is 0. The summed E-state index contributed by atoms with van der Waals surface area (Å²) in [6.07, 6.45) is 1.31. The van der Waals surface area contributed by atoms with Crippen molar-refractivity contribution in [3.05, 3.63) is 77.5 Å². The molecule has 1 heterocycles. The van der Waals surface area contributed by atoms with Gasteiger partial charge in [0.15, 0.2) is 0 Å². The summed E-state index contributed by atoms with van der Waals surface area (Å²) < 4.78 is 13.2. The van der Waals surface area contributed by atoms with Crippen molar-refractivity contribution in [1.82, 2.24) is 9.97 Å². The van der Waals surface area contributed by atoms with Crippen molar-refractivity contribution < 1.29 is 9.18 Å². The molecule has 1 amide bonds. The van der Waals surface area contributed by atoms with Gasteiger partial charge in [-0.15, -0.1) is 0 Å². The third-order valence-corrected chi connectivity index (χ3v) is 3.76. The number of amides is 1. The van der Waals surface area contributed by atoms with Crippen molar-refractivity contribution in [2.24, 2.45) is 0 Å². The lowest BCUT2D eigenvalue weighted by Gasteiger charge is -2.09. The third-order valence-electron chi connectivity index (χ3n) is 3.76. The number of aromatic nitrogens is 2. The van der Waals surface area contributed by atoms with E-state index in [1.807, 2.05) is 32.0 Å². The van der Waals surface area contributed by atoms with Crippen LogP contribution in [0.15, 0.2) is 54.9 Å². The molecule has 3 rings (SSSR count). The first-order valence-electron chi connectivity index (χ1n) is 7.74. The number of aryl methyl sites for hydroxylation is 2. The number of nitrogens with zero attached hydrogens (tertiary/aromatic N) is 2. The van der Waals surface area contributed by atoms with Crippen LogP contribution >= 0.6 is 0 Å². The molecular formula is C19H17FN4O. The molecule has 0 unspecified atom stereocenters. The standard InChI is InChI=1S/C19H17FN4O/c1-12-6-7-16(8-13(12)2)23-18-10-17(21-11-22-18)19(25)24-15-5-3-4-14(20)9-15/h3-11H,1-2H3,(H,24,25)(H,21,22,23). The zero-order valence-electron chi connectivity index (χ0n) is 13.9. The van der Waals surface area contributed by atoms with E-state index < -0.39 is 11.7 Å². The maximum Gasteiger partial charge on any atom is 0.274 e. The molecule has 1 aromatic heterocycles. The molecule has 0 aliphatic heterocycles. The summed E-state index contributed by atoms with van der Waals surface area (Å²) in [6, 6.07) is 13.2. The largest absolute Gasteiger partial charge is 0.340 e. The fourth-order valence-corrected chi connectivity index (χ4v) is 2.28. The zero-order valence-corrected chi connectivity index (χ0v) is 13.9. The number of hydrogen-bond acceptors (Lipinski definition) is 4. The van der Waals surface area contributed by atoms with Gasteiger partial charge in [0.25, 0.3) is 5.91 Å². The van der Waals surface area contributed by atoms with Gasteiger partial charge >= 0.3 is 0 Å². The van der Waals surface area contributed by atoms with E-state index in [0.717, 1.165) is 11.3 Å². The fourth-order valence-electron chi connectivity index (χ4n) is 2.28. The maximum absolute atomic E-state index is 13.2. The molecule has 2 aromatic carbocycles. The van der Waals surface area contributed by atoms with Gasteiger partial charge in [-0.25, -0.2) is 14.4 Å². The van der Waals surface area contributed by atoms with E-state index in [0.29, 0.717) is 11.5 Å². The molecule has 0 radical (unpaired) electrons. The van der Waals surface area contributed by atoms with Gasteiger partial charge in [0.05, 0.1) is 0 Å². The number of nitrogens with one attached hydrogen (secondary N) is 2. The summed E-state index contributed by atoms with van der Waals surface area (Å²) in [6.45, 7) is 4.07. The van der Waals surface area contributed by atoms with Crippen LogP contribution in [0, 0.1) is 19.7 Å². The number of carbonyl (C=O) groups is 1. The van der Waals surface area contributed by atoms with Gasteiger partial charge in [-0.1, -0.05) is 12.1 Å². The van der Waals surface area contributed by atoms with Crippen molar-refractivity contribution in [2.75, 3.05) is 10.6 Å². The predicted molar refractivity (Wildman–Crippen MR) is 95.6 cm³/mol. The summed E-state index contributed by atoms with van der Waals surface area (Å²) in [4.78, 5) is 20.4. The van der Waals surface area contributed by atoms with Crippen molar-refractivity contribution >= 4 is 23.1 Å². The second kappa shape index (κ2) is 7.09. The molecule has 2 N–H and O–H groups in total. The number of carbonyl (C=O) groups excluding carboxylic acids is 1. The number of rotatable bonds is 4. The summed E-state index contributed by atoms with van der Waals surface area (Å²) in [5.74, 6) is -0.351. The Hall–Kier alpha value is -3.28. The molecule has 0 spiro atoms. The van der Waals surface area contributed by atoms with Crippen molar-refractivity contribution in [3.63, 3.8) is 0 Å². The Bertz CT molecular complexity index is 927. The van der Waals surface area contributed by atoms with E-state index in [-0.39, 0.29) is 5.69 Å². The van der Waals surface area contributed by atoms with E-state index in [9.17, 15) is 9.18 Å². The highest BCUT2D eigenvalue weighted by atomic mass is 19.1. The second-order valence-electron chi connectivity index (χ2n) is 5.68. The SMILES string of the molecule is Cc1ccc(Nc2cc(C(=O)Nc3cccc(F)c3)ncn2)cc1C. The first kappa shape index (κ1) is 16.6. The van der Waals surface area contributed by atoms with Gasteiger partial charge in [-0.05, 0) is 55.3 Å². The highest BCUT2D eigenvalue weighted by Gasteiger charge is 2.10. The monoisotopic (exact) mass is 336 g/mol. The topological polar surface area (TPSA) is 66.9 Å². The quantitative estimate of drug-likeness (QED) is 0.748. The molecule has 126 valence electrons. The van der Waals surface area contributed by atoms with Crippen LogP contribution in [0.3, 0.4) is 0 Å². The number of halogens is 1. The zero-order chi connectivity index (χ0) is 17.8. The smallest absolute Gasteiger partial charge is 0.274 e. The van der Waals surface area contributed by atoms with Crippen LogP contribution in [0.1, 0.15) is 21.6 Å². The van der Waals surface area contributed by atoms with E-state index in [1.54, 1.807) is 12.1 Å². The van der Waals surface area contributed by atoms with Crippen LogP contribution in [0.25, 0.3) is 0 Å². The Kier molecular flexibility index (Phi) is 4.70. The Balaban J connectivity index is 1.76. The van der Waals surface area contributed by atoms with Crippen LogP contribution in [0.5, 0.6) is 0 Å². The average Bonchev–Trinajstić information content (AvgIpc) is 2.58. The van der Waals surface area contributed by atoms with Gasteiger partial charge in [-0.3, -0.25) is 4.79 Å². The molecule has 0 atom stereocenters. The third kappa shape index (κ3) is 4.17. The second-order valence-corrected chi connectivity index (χ2v) is 5.68. The van der Waals surface area contributed by atoms with Gasteiger partial charge < -0.3 is 10.6 Å². The highest BCUT2D eigenvalue weighted by molar-refractivity contribution is 6.03. The van der Waals surface area contributed by atoms with Crippen LogP contribution in [0.4, 0.5) is 21.6 Å². The first-order chi connectivity index (χ1) is 12.0. The van der Waals surface area contributed by atoms with Gasteiger partial charge in [0.1, 0.15) is 23.7 Å². The average molecular weight is 336 g/mol. The van der Waals surface area contributed by atoms with E-state index >= 15 is 0 Å². The molecule has 0 aliphatic carbocycles. The fraction of sp³-hybridized carbons (Fsp3) is 0.105. The molecule has 0 fully saturated rings. The van der Waals surface area contributed by atoms with E-state index in [2.05, 4.69) is 20.6 Å². The Morgan fingerprint density at radius 3 is 2.56 bits per heavy atom. The van der Waals surface area contributed by atoms with Crippen molar-refractivity contribution in [1.29, 1.82) is 0 Å². The predicted octanol–water partition coefficient (Wildman–Crippen LogP) is 4.23. The Labute approximate surface area is 145 Å². The summed E-state index contributed by atoms with van der Waals surface area (Å²) in [5, 5.41) is 5.76. The Morgan fingerprint density at radius 1 is 0.960 bits per heavy atom. The molecule has 0 bridgehead atoms. The number of hydrogen-bond donors (Lipinski definition) is 2. The molecule has 0 saturated heterocycles. The molecule has 5 nitrogen and oxygen atoms in total. The van der Waals surface area contributed by atoms with Crippen LogP contribution < -0.4 is 10.6 Å². The summed E-state index contributed by atoms with van der Waals surface area (Å²) in [5.41, 5.74) is 3.78. The number of anilines is 3. The van der Waals surface area contributed by atoms with Gasteiger partial charge in [-0.2, -0.15) is 0 Å². The lowest BCUT2D eigenvalue weighted by Crippen LogP contribution is -2.14. The molecule has 0 aliphatic rings. The molecular weight excluding hydrogens is 319 g/mol. The molecule has 6 heteroatoms. The van der Waals surface area contributed by atoms with E-state index in [1.165, 1.54) is 30.1 Å². The van der Waals surface area contributed by atoms with Crippen LogP contribution in [-0.4, -0.2) is 15.9 Å². The minimum atomic E-state index is -0.434. The van der Waals surface area contributed by atoms with Gasteiger partial charge in [0, 0.05) is 17.4 Å². The van der Waals surface area contributed by atoms with Crippen LogP contribution in [-0.2, 0) is 0 Å². The van der Waals surface area contributed by atoms with Crippen molar-refractivity contribution in [2.45, 2.75) is 13.8 Å². The highest BCUT2D eigenvalue weighted by Crippen LogP contribution is 2.19. The Morgan fingerprint density at radius 2 is 1.80 bits per heavy atom. The molecule has 25 heavy (non-hydrogen) atoms. The lowest BCUT2D eigenvalue weighted by atomic mass is 10.1. The lowest BCUT2D eigenvalue weighted by molar-refractivity contribution is 0.102. The maximum atomic E-state index is 13.2. The van der Waals surface area contributed by atoms with E-state index in [4.69, 9.17) is 0 Å². The molecule has 3 aromatic rings. The normalized spacial score (nSPS) is 10.4. The minimum absolute atomic E-state index is 0.186. The minimum Gasteiger partial charge on any atom is -0.340 e. The number of benzene rings is 2. The van der Waals surface area contributed by atoms with Gasteiger partial charge in [0.2, 0.25) is 0 Å². The van der Waals surface area contributed by atoms with Crippen LogP contribution in [0.2, 0.25) is 0 Å². The van der Waals surface area contributed by atoms with Crippen molar-refractivity contribution in [3.8, 4) is 0 Å². The first-order valence-corrected chi connectivity index (χ1v) is 7.74. The summed E-state index contributed by atoms with van der Waals surface area (Å²) in [7, 11) is 0.